The standard InChI is InChI=1S/C15H19N3O/c1-11-15(18-8-6-12(10-19)7-9-18)17-14-5-3-2-4-13(14)16-11/h2-5,12,19H,6-10H2,1H3. The predicted octanol–water partition coefficient (Wildman–Crippen LogP) is 2.15. The van der Waals surface area contributed by atoms with Gasteiger partial charge in [-0.15, -0.1) is 0 Å². The van der Waals surface area contributed by atoms with Gasteiger partial charge in [-0.25, -0.2) is 9.97 Å². The van der Waals surface area contributed by atoms with Crippen LogP contribution in [0.4, 0.5) is 5.82 Å². The number of hydrogen-bond donors (Lipinski definition) is 1. The van der Waals surface area contributed by atoms with Crippen molar-refractivity contribution in [2.45, 2.75) is 19.8 Å². The van der Waals surface area contributed by atoms with Crippen LogP contribution in [0.5, 0.6) is 0 Å². The van der Waals surface area contributed by atoms with Crippen molar-refractivity contribution < 1.29 is 5.11 Å². The van der Waals surface area contributed by atoms with E-state index >= 15 is 0 Å². The minimum Gasteiger partial charge on any atom is -0.396 e. The Balaban J connectivity index is 1.90. The molecule has 4 nitrogen and oxygen atoms in total. The van der Waals surface area contributed by atoms with Crippen LogP contribution >= 0.6 is 0 Å². The number of hydrogen-bond acceptors (Lipinski definition) is 4. The first-order chi connectivity index (χ1) is 9.28. The molecule has 100 valence electrons. The number of aromatic nitrogens is 2. The molecule has 19 heavy (non-hydrogen) atoms. The van der Waals surface area contributed by atoms with E-state index in [0.717, 1.165) is 48.5 Å². The second kappa shape index (κ2) is 5.13. The van der Waals surface area contributed by atoms with Crippen LogP contribution in [0.2, 0.25) is 0 Å². The van der Waals surface area contributed by atoms with Gasteiger partial charge in [0.15, 0.2) is 5.82 Å². The molecule has 2 aromatic rings. The molecular formula is C15H19N3O. The van der Waals surface area contributed by atoms with Crippen LogP contribution < -0.4 is 4.90 Å². The minimum absolute atomic E-state index is 0.302. The van der Waals surface area contributed by atoms with E-state index in [-0.39, 0.29) is 0 Å². The van der Waals surface area contributed by atoms with Gasteiger partial charge in [-0.2, -0.15) is 0 Å². The summed E-state index contributed by atoms with van der Waals surface area (Å²) in [5.74, 6) is 1.44. The van der Waals surface area contributed by atoms with Gasteiger partial charge >= 0.3 is 0 Å². The summed E-state index contributed by atoms with van der Waals surface area (Å²) in [7, 11) is 0. The highest BCUT2D eigenvalue weighted by Crippen LogP contribution is 2.25. The molecular weight excluding hydrogens is 238 g/mol. The van der Waals surface area contributed by atoms with Crippen molar-refractivity contribution in [1.82, 2.24) is 9.97 Å². The van der Waals surface area contributed by atoms with E-state index in [2.05, 4.69) is 9.88 Å². The van der Waals surface area contributed by atoms with E-state index in [1.165, 1.54) is 0 Å². The monoisotopic (exact) mass is 257 g/mol. The van der Waals surface area contributed by atoms with E-state index in [4.69, 9.17) is 4.98 Å². The molecule has 0 radical (unpaired) electrons. The highest BCUT2D eigenvalue weighted by atomic mass is 16.3. The number of piperidine rings is 1. The first kappa shape index (κ1) is 12.4. The molecule has 1 saturated heterocycles. The zero-order valence-electron chi connectivity index (χ0n) is 11.2. The lowest BCUT2D eigenvalue weighted by Crippen LogP contribution is -2.35. The number of rotatable bonds is 2. The van der Waals surface area contributed by atoms with Crippen LogP contribution in [0, 0.1) is 12.8 Å². The van der Waals surface area contributed by atoms with E-state index in [1.54, 1.807) is 0 Å². The van der Waals surface area contributed by atoms with Crippen LogP contribution in [0.3, 0.4) is 0 Å². The summed E-state index contributed by atoms with van der Waals surface area (Å²) in [6.07, 6.45) is 2.06. The van der Waals surface area contributed by atoms with E-state index in [1.807, 2.05) is 31.2 Å². The summed E-state index contributed by atoms with van der Waals surface area (Å²) in [4.78, 5) is 11.7. The SMILES string of the molecule is Cc1nc2ccccc2nc1N1CCC(CO)CC1. The van der Waals surface area contributed by atoms with Gasteiger partial charge in [0, 0.05) is 19.7 Å². The van der Waals surface area contributed by atoms with Gasteiger partial charge in [0.1, 0.15) is 0 Å². The van der Waals surface area contributed by atoms with Crippen molar-refractivity contribution in [1.29, 1.82) is 0 Å². The number of anilines is 1. The molecule has 1 N–H and O–H groups in total. The number of aliphatic hydroxyl groups excluding tert-OH is 1. The maximum Gasteiger partial charge on any atom is 0.150 e. The Hall–Kier alpha value is -1.68. The van der Waals surface area contributed by atoms with Gasteiger partial charge in [0.2, 0.25) is 0 Å². The first-order valence-electron chi connectivity index (χ1n) is 6.87. The minimum atomic E-state index is 0.302. The number of para-hydroxylation sites is 2. The van der Waals surface area contributed by atoms with Crippen LogP contribution in [-0.2, 0) is 0 Å². The smallest absolute Gasteiger partial charge is 0.150 e. The molecule has 3 rings (SSSR count). The zero-order valence-corrected chi connectivity index (χ0v) is 11.2. The molecule has 0 bridgehead atoms. The molecule has 1 aromatic heterocycles. The van der Waals surface area contributed by atoms with Crippen molar-refractivity contribution in [3.05, 3.63) is 30.0 Å². The molecule has 1 aliphatic heterocycles. The quantitative estimate of drug-likeness (QED) is 0.895. The normalized spacial score (nSPS) is 17.1. The first-order valence-corrected chi connectivity index (χ1v) is 6.87. The van der Waals surface area contributed by atoms with Crippen molar-refractivity contribution in [3.8, 4) is 0 Å². The molecule has 0 atom stereocenters. The Morgan fingerprint density at radius 2 is 1.79 bits per heavy atom. The molecule has 0 spiro atoms. The maximum atomic E-state index is 9.20. The van der Waals surface area contributed by atoms with Crippen LogP contribution in [-0.4, -0.2) is 34.8 Å². The summed E-state index contributed by atoms with van der Waals surface area (Å²) in [5, 5.41) is 9.20. The molecule has 1 aromatic carbocycles. The van der Waals surface area contributed by atoms with Crippen molar-refractivity contribution in [2.24, 2.45) is 5.92 Å². The fourth-order valence-corrected chi connectivity index (χ4v) is 2.71. The Labute approximate surface area is 113 Å². The van der Waals surface area contributed by atoms with Crippen molar-refractivity contribution in [2.75, 3.05) is 24.6 Å². The fraction of sp³-hybridized carbons (Fsp3) is 0.467. The fourth-order valence-electron chi connectivity index (χ4n) is 2.71. The average Bonchev–Trinajstić information content (AvgIpc) is 2.47. The van der Waals surface area contributed by atoms with E-state index < -0.39 is 0 Å². The van der Waals surface area contributed by atoms with Crippen LogP contribution in [0.15, 0.2) is 24.3 Å². The molecule has 1 fully saturated rings. The number of nitrogens with zero attached hydrogens (tertiary/aromatic N) is 3. The number of benzene rings is 1. The molecule has 0 amide bonds. The molecule has 0 saturated carbocycles. The van der Waals surface area contributed by atoms with Crippen LogP contribution in [0.1, 0.15) is 18.5 Å². The van der Waals surface area contributed by atoms with Gasteiger partial charge in [0.25, 0.3) is 0 Å². The number of aliphatic hydroxyl groups is 1. The summed E-state index contributed by atoms with van der Waals surface area (Å²) < 4.78 is 0. The third-order valence-electron chi connectivity index (χ3n) is 3.89. The van der Waals surface area contributed by atoms with Gasteiger partial charge in [-0.05, 0) is 37.8 Å². The number of aryl methyl sites for hydroxylation is 1. The van der Waals surface area contributed by atoms with Crippen molar-refractivity contribution >= 4 is 16.9 Å². The summed E-state index contributed by atoms with van der Waals surface area (Å²) >= 11 is 0. The second-order valence-corrected chi connectivity index (χ2v) is 5.23. The lowest BCUT2D eigenvalue weighted by atomic mass is 9.98. The Morgan fingerprint density at radius 3 is 2.42 bits per heavy atom. The summed E-state index contributed by atoms with van der Waals surface area (Å²) in [6, 6.07) is 7.99. The number of fused-ring (bicyclic) bond motifs is 1. The topological polar surface area (TPSA) is 49.2 Å². The lowest BCUT2D eigenvalue weighted by molar-refractivity contribution is 0.202. The van der Waals surface area contributed by atoms with Crippen molar-refractivity contribution in [3.63, 3.8) is 0 Å². The van der Waals surface area contributed by atoms with Gasteiger partial charge in [-0.3, -0.25) is 0 Å². The third-order valence-corrected chi connectivity index (χ3v) is 3.89. The van der Waals surface area contributed by atoms with E-state index in [9.17, 15) is 5.11 Å². The average molecular weight is 257 g/mol. The highest BCUT2D eigenvalue weighted by molar-refractivity contribution is 5.76. The molecule has 0 unspecified atom stereocenters. The summed E-state index contributed by atoms with van der Waals surface area (Å²) in [5.41, 5.74) is 2.89. The van der Waals surface area contributed by atoms with E-state index in [0.29, 0.717) is 12.5 Å². The molecule has 2 heterocycles. The molecule has 0 aliphatic carbocycles. The predicted molar refractivity (Wildman–Crippen MR) is 76.3 cm³/mol. The molecule has 4 heteroatoms. The Kier molecular flexibility index (Phi) is 3.34. The Bertz CT molecular complexity index is 577. The van der Waals surface area contributed by atoms with Crippen LogP contribution in [0.25, 0.3) is 11.0 Å². The van der Waals surface area contributed by atoms with Gasteiger partial charge < -0.3 is 10.0 Å². The molecule has 1 aliphatic rings. The lowest BCUT2D eigenvalue weighted by Gasteiger charge is -2.32. The third kappa shape index (κ3) is 2.40. The Morgan fingerprint density at radius 1 is 1.16 bits per heavy atom. The maximum absolute atomic E-state index is 9.20. The largest absolute Gasteiger partial charge is 0.396 e. The highest BCUT2D eigenvalue weighted by Gasteiger charge is 2.21. The van der Waals surface area contributed by atoms with Gasteiger partial charge in [-0.1, -0.05) is 12.1 Å². The zero-order chi connectivity index (χ0) is 13.2. The van der Waals surface area contributed by atoms with Gasteiger partial charge in [0.05, 0.1) is 16.7 Å². The summed E-state index contributed by atoms with van der Waals surface area (Å²) in [6.45, 7) is 4.24. The second-order valence-electron chi connectivity index (χ2n) is 5.23.